The maximum Gasteiger partial charge on any atom is 0.214 e. The van der Waals surface area contributed by atoms with Gasteiger partial charge in [0.2, 0.25) is 7.44 Å². The fourth-order valence-corrected chi connectivity index (χ4v) is 5.36. The zero-order valence-electron chi connectivity index (χ0n) is 8.33. The van der Waals surface area contributed by atoms with E-state index in [0.717, 1.165) is 25.7 Å². The second kappa shape index (κ2) is 3.72. The zero-order valence-corrected chi connectivity index (χ0v) is 9.22. The molecule has 3 nitrogen and oxygen atoms in total. The molecule has 0 aromatic carbocycles. The van der Waals surface area contributed by atoms with Crippen LogP contribution in [0.4, 0.5) is 0 Å². The molecule has 0 aromatic heterocycles. The van der Waals surface area contributed by atoms with Crippen LogP contribution in [0, 0.1) is 0 Å². The van der Waals surface area contributed by atoms with Crippen molar-refractivity contribution < 1.29 is 4.57 Å². The number of rotatable bonds is 2. The van der Waals surface area contributed by atoms with Gasteiger partial charge < -0.3 is 0 Å². The van der Waals surface area contributed by atoms with Gasteiger partial charge in [0.1, 0.15) is 0 Å². The highest BCUT2D eigenvalue weighted by atomic mass is 31.2. The average molecular weight is 202 g/mol. The number of hydrogen-bond donors (Lipinski definition) is 1. The monoisotopic (exact) mass is 202 g/mol. The Morgan fingerprint density at radius 1 is 1.54 bits per heavy atom. The van der Waals surface area contributed by atoms with Crippen LogP contribution in [0.15, 0.2) is 0 Å². The SMILES string of the molecule is CCCP1(=O)NCC2CCCCN21. The standard InChI is InChI=1S/C9H19N2OP/c1-2-7-13(12)10-8-9-5-3-4-6-11(9)13/h9H,2-8H2,1H3,(H,10,12). The Kier molecular flexibility index (Phi) is 2.77. The summed E-state index contributed by atoms with van der Waals surface area (Å²) in [6.07, 6.45) is 5.65. The summed E-state index contributed by atoms with van der Waals surface area (Å²) in [5, 5.41) is 3.26. The van der Waals surface area contributed by atoms with Gasteiger partial charge in [0.25, 0.3) is 0 Å². The molecule has 2 heterocycles. The van der Waals surface area contributed by atoms with Crippen molar-refractivity contribution in [1.29, 1.82) is 0 Å². The lowest BCUT2D eigenvalue weighted by atomic mass is 10.1. The number of piperidine rings is 1. The topological polar surface area (TPSA) is 32.3 Å². The molecule has 4 heteroatoms. The molecule has 0 amide bonds. The molecule has 0 saturated carbocycles. The van der Waals surface area contributed by atoms with Crippen LogP contribution < -0.4 is 5.09 Å². The third-order valence-electron chi connectivity index (χ3n) is 3.11. The van der Waals surface area contributed by atoms with Crippen LogP contribution in [0.1, 0.15) is 32.6 Å². The van der Waals surface area contributed by atoms with E-state index >= 15 is 0 Å². The van der Waals surface area contributed by atoms with Gasteiger partial charge in [-0.2, -0.15) is 0 Å². The number of nitrogens with one attached hydrogen (secondary N) is 1. The first-order chi connectivity index (χ1) is 6.26. The summed E-state index contributed by atoms with van der Waals surface area (Å²) in [5.74, 6) is 0. The summed E-state index contributed by atoms with van der Waals surface area (Å²) in [6, 6.07) is 0.575. The third kappa shape index (κ3) is 1.70. The molecule has 1 N–H and O–H groups in total. The smallest absolute Gasteiger partial charge is 0.214 e. The Balaban J connectivity index is 2.10. The molecule has 0 aromatic rings. The molecule has 2 atom stereocenters. The normalized spacial score (nSPS) is 40.5. The fraction of sp³-hybridized carbons (Fsp3) is 1.00. The Morgan fingerprint density at radius 3 is 3.15 bits per heavy atom. The van der Waals surface area contributed by atoms with Gasteiger partial charge in [0, 0.05) is 25.3 Å². The molecule has 0 radical (unpaired) electrons. The van der Waals surface area contributed by atoms with Crippen molar-refractivity contribution in [3.05, 3.63) is 0 Å². The van der Waals surface area contributed by atoms with Gasteiger partial charge in [0.05, 0.1) is 0 Å². The van der Waals surface area contributed by atoms with Crippen molar-refractivity contribution in [3.8, 4) is 0 Å². The lowest BCUT2D eigenvalue weighted by molar-refractivity contribution is 0.279. The summed E-state index contributed by atoms with van der Waals surface area (Å²) in [6.45, 7) is 4.12. The van der Waals surface area contributed by atoms with Crippen molar-refractivity contribution >= 4 is 7.44 Å². The molecule has 2 aliphatic heterocycles. The molecule has 2 fully saturated rings. The van der Waals surface area contributed by atoms with E-state index in [2.05, 4.69) is 16.7 Å². The minimum Gasteiger partial charge on any atom is -0.289 e. The van der Waals surface area contributed by atoms with Crippen LogP contribution in [0.2, 0.25) is 0 Å². The van der Waals surface area contributed by atoms with E-state index in [1.54, 1.807) is 0 Å². The van der Waals surface area contributed by atoms with Gasteiger partial charge in [-0.1, -0.05) is 13.3 Å². The Labute approximate surface area is 80.4 Å². The van der Waals surface area contributed by atoms with Crippen molar-refractivity contribution in [3.63, 3.8) is 0 Å². The maximum absolute atomic E-state index is 12.4. The van der Waals surface area contributed by atoms with Gasteiger partial charge in [-0.3, -0.25) is 9.65 Å². The molecule has 2 saturated heterocycles. The van der Waals surface area contributed by atoms with E-state index in [9.17, 15) is 4.57 Å². The van der Waals surface area contributed by atoms with Crippen LogP contribution in [0.5, 0.6) is 0 Å². The van der Waals surface area contributed by atoms with E-state index in [1.165, 1.54) is 19.3 Å². The van der Waals surface area contributed by atoms with E-state index in [1.807, 2.05) is 0 Å². The molecule has 13 heavy (non-hydrogen) atoms. The Hall–Kier alpha value is 0.150. The number of hydrogen-bond acceptors (Lipinski definition) is 1. The molecule has 76 valence electrons. The third-order valence-corrected chi connectivity index (χ3v) is 6.20. The molecule has 2 unspecified atom stereocenters. The van der Waals surface area contributed by atoms with E-state index in [4.69, 9.17) is 0 Å². The average Bonchev–Trinajstić information content (AvgIpc) is 2.46. The van der Waals surface area contributed by atoms with Crippen molar-refractivity contribution in [2.75, 3.05) is 19.3 Å². The molecule has 0 aliphatic carbocycles. The molecule has 0 spiro atoms. The highest BCUT2D eigenvalue weighted by molar-refractivity contribution is 7.59. The van der Waals surface area contributed by atoms with Crippen LogP contribution >= 0.6 is 7.44 Å². The highest BCUT2D eigenvalue weighted by Gasteiger charge is 2.41. The van der Waals surface area contributed by atoms with Crippen molar-refractivity contribution in [2.24, 2.45) is 0 Å². The van der Waals surface area contributed by atoms with E-state index in [0.29, 0.717) is 6.04 Å². The number of nitrogens with zero attached hydrogens (tertiary/aromatic N) is 1. The second-order valence-corrected chi connectivity index (χ2v) is 6.78. The summed E-state index contributed by atoms with van der Waals surface area (Å²) in [5.41, 5.74) is 0. The summed E-state index contributed by atoms with van der Waals surface area (Å²) >= 11 is 0. The van der Waals surface area contributed by atoms with E-state index < -0.39 is 7.44 Å². The van der Waals surface area contributed by atoms with Gasteiger partial charge in [0.15, 0.2) is 0 Å². The fourth-order valence-electron chi connectivity index (χ4n) is 2.47. The first kappa shape index (κ1) is 9.70. The summed E-state index contributed by atoms with van der Waals surface area (Å²) in [4.78, 5) is 0. The summed E-state index contributed by atoms with van der Waals surface area (Å²) in [7, 11) is -2.12. The van der Waals surface area contributed by atoms with Crippen LogP contribution in [0.3, 0.4) is 0 Å². The van der Waals surface area contributed by atoms with Crippen LogP contribution in [-0.2, 0) is 4.57 Å². The van der Waals surface area contributed by atoms with Gasteiger partial charge in [-0.15, -0.1) is 0 Å². The lowest BCUT2D eigenvalue weighted by Crippen LogP contribution is -2.33. The molecule has 2 rings (SSSR count). The molecule has 2 aliphatic rings. The predicted octanol–water partition coefficient (Wildman–Crippen LogP) is 2.05. The largest absolute Gasteiger partial charge is 0.289 e. The van der Waals surface area contributed by atoms with Crippen LogP contribution in [0.25, 0.3) is 0 Å². The van der Waals surface area contributed by atoms with Crippen molar-refractivity contribution in [2.45, 2.75) is 38.6 Å². The second-order valence-electron chi connectivity index (χ2n) is 4.10. The Morgan fingerprint density at radius 2 is 2.38 bits per heavy atom. The first-order valence-electron chi connectivity index (χ1n) is 5.37. The van der Waals surface area contributed by atoms with Gasteiger partial charge >= 0.3 is 0 Å². The lowest BCUT2D eigenvalue weighted by Gasteiger charge is -2.32. The quantitative estimate of drug-likeness (QED) is 0.695. The minimum absolute atomic E-state index is 0.575. The minimum atomic E-state index is -2.12. The molecular weight excluding hydrogens is 183 g/mol. The zero-order chi connectivity index (χ0) is 9.31. The Bertz CT molecular complexity index is 232. The van der Waals surface area contributed by atoms with E-state index in [-0.39, 0.29) is 0 Å². The highest BCUT2D eigenvalue weighted by Crippen LogP contribution is 2.53. The first-order valence-corrected chi connectivity index (χ1v) is 7.22. The van der Waals surface area contributed by atoms with Crippen molar-refractivity contribution in [1.82, 2.24) is 9.76 Å². The van der Waals surface area contributed by atoms with Gasteiger partial charge in [-0.05, 0) is 19.3 Å². The summed E-state index contributed by atoms with van der Waals surface area (Å²) < 4.78 is 14.7. The molecule has 0 bridgehead atoms. The van der Waals surface area contributed by atoms with Crippen LogP contribution in [-0.4, -0.2) is 30.0 Å². The molecular formula is C9H19N2OP. The predicted molar refractivity (Wildman–Crippen MR) is 55.1 cm³/mol. The van der Waals surface area contributed by atoms with Gasteiger partial charge in [-0.25, -0.2) is 4.67 Å². The maximum atomic E-state index is 12.4. The number of fused-ring (bicyclic) bond motifs is 1.